The summed E-state index contributed by atoms with van der Waals surface area (Å²) in [6.07, 6.45) is 19.7. The number of likely N-dealkylation sites (N-methyl/N-ethyl adjacent to an activating group) is 1. The second kappa shape index (κ2) is 17.7. The van der Waals surface area contributed by atoms with E-state index in [0.29, 0.717) is 36.4 Å². The van der Waals surface area contributed by atoms with E-state index in [1.54, 1.807) is 22.7 Å². The highest BCUT2D eigenvalue weighted by atomic mass is 32.1. The Kier molecular flexibility index (Phi) is 12.9. The summed E-state index contributed by atoms with van der Waals surface area (Å²) in [7, 11) is 1.81. The van der Waals surface area contributed by atoms with Crippen LogP contribution in [0.2, 0.25) is 0 Å². The van der Waals surface area contributed by atoms with E-state index in [2.05, 4.69) is 43.3 Å². The van der Waals surface area contributed by atoms with Crippen LogP contribution in [0.15, 0.2) is 22.9 Å². The molecule has 10 heteroatoms. The van der Waals surface area contributed by atoms with Crippen molar-refractivity contribution in [2.24, 2.45) is 11.8 Å². The first-order valence-electron chi connectivity index (χ1n) is 20.4. The van der Waals surface area contributed by atoms with Crippen molar-refractivity contribution in [2.45, 2.75) is 127 Å². The maximum Gasteiger partial charge on any atom is 0.254 e. The average molecular weight is 736 g/mol. The molecular weight excluding hydrogens is 675 g/mol. The van der Waals surface area contributed by atoms with Crippen LogP contribution in [-0.2, 0) is 4.79 Å². The molecule has 2 aliphatic carbocycles. The van der Waals surface area contributed by atoms with Gasteiger partial charge < -0.3 is 25.3 Å². The highest BCUT2D eigenvalue weighted by Gasteiger charge is 2.38. The van der Waals surface area contributed by atoms with Crippen molar-refractivity contribution in [1.82, 2.24) is 25.3 Å². The van der Waals surface area contributed by atoms with Gasteiger partial charge in [-0.05, 0) is 133 Å². The van der Waals surface area contributed by atoms with Crippen LogP contribution in [0.1, 0.15) is 145 Å². The molecule has 8 nitrogen and oxygen atoms in total. The predicted molar refractivity (Wildman–Crippen MR) is 208 cm³/mol. The van der Waals surface area contributed by atoms with E-state index in [-0.39, 0.29) is 11.8 Å². The molecule has 2 saturated carbocycles. The van der Waals surface area contributed by atoms with Gasteiger partial charge in [0.05, 0.1) is 17.7 Å². The van der Waals surface area contributed by atoms with Crippen LogP contribution in [0.3, 0.4) is 0 Å². The second-order valence-corrected chi connectivity index (χ2v) is 18.1. The molecule has 4 atom stereocenters. The van der Waals surface area contributed by atoms with E-state index >= 15 is 0 Å². The maximum absolute atomic E-state index is 13.2. The third-order valence-corrected chi connectivity index (χ3v) is 15.3. The van der Waals surface area contributed by atoms with Gasteiger partial charge in [-0.3, -0.25) is 14.4 Å². The first-order valence-corrected chi connectivity index (χ1v) is 22.2. The molecule has 2 aromatic rings. The molecule has 2 aromatic heterocycles. The number of nitrogens with zero attached hydrogens (tertiary/aromatic N) is 3. The van der Waals surface area contributed by atoms with E-state index in [1.807, 2.05) is 11.9 Å². The van der Waals surface area contributed by atoms with Crippen LogP contribution >= 0.6 is 22.7 Å². The van der Waals surface area contributed by atoms with Crippen molar-refractivity contribution >= 4 is 40.4 Å². The molecule has 0 radical (unpaired) electrons. The van der Waals surface area contributed by atoms with E-state index in [0.717, 1.165) is 81.5 Å². The highest BCUT2D eigenvalue weighted by molar-refractivity contribution is 7.10. The van der Waals surface area contributed by atoms with Crippen molar-refractivity contribution in [1.29, 1.82) is 0 Å². The number of rotatable bonds is 6. The smallest absolute Gasteiger partial charge is 0.254 e. The monoisotopic (exact) mass is 735 g/mol. The Labute approximate surface area is 314 Å². The molecule has 2 N–H and O–H groups in total. The molecular formula is C41H61N5O3S2. The summed E-state index contributed by atoms with van der Waals surface area (Å²) in [5, 5.41) is 10.6. The third-order valence-electron chi connectivity index (χ3n) is 13.1. The summed E-state index contributed by atoms with van der Waals surface area (Å²) in [4.78, 5) is 47.5. The quantitative estimate of drug-likeness (QED) is 0.322. The normalized spacial score (nSPS) is 27.6. The van der Waals surface area contributed by atoms with Gasteiger partial charge in [0.15, 0.2) is 0 Å². The Balaban J connectivity index is 0.000000162. The molecule has 3 amide bonds. The number of likely N-dealkylation sites (tertiary alicyclic amines) is 3. The van der Waals surface area contributed by atoms with E-state index < -0.39 is 0 Å². The van der Waals surface area contributed by atoms with Crippen LogP contribution in [0.25, 0.3) is 0 Å². The number of amides is 3. The average Bonchev–Trinajstić information content (AvgIpc) is 3.89. The molecule has 0 spiro atoms. The molecule has 6 aliphatic rings. The minimum Gasteiger partial charge on any atom is -0.342 e. The molecule has 280 valence electrons. The van der Waals surface area contributed by atoms with Crippen molar-refractivity contribution < 1.29 is 14.4 Å². The first kappa shape index (κ1) is 37.1. The molecule has 4 unspecified atom stereocenters. The summed E-state index contributed by atoms with van der Waals surface area (Å²) in [5.41, 5.74) is 1.84. The molecule has 0 bridgehead atoms. The minimum atomic E-state index is 0.190. The first-order chi connectivity index (χ1) is 25.0. The molecule has 4 aliphatic heterocycles. The van der Waals surface area contributed by atoms with Crippen molar-refractivity contribution in [3.63, 3.8) is 0 Å². The van der Waals surface area contributed by atoms with Crippen LogP contribution < -0.4 is 10.6 Å². The Morgan fingerprint density at radius 1 is 0.647 bits per heavy atom. The molecule has 51 heavy (non-hydrogen) atoms. The molecule has 0 aromatic carbocycles. The lowest BCUT2D eigenvalue weighted by Gasteiger charge is -2.44. The molecule has 8 rings (SSSR count). The Hall–Kier alpha value is -2.27. The van der Waals surface area contributed by atoms with Crippen molar-refractivity contribution in [3.05, 3.63) is 43.8 Å². The van der Waals surface area contributed by atoms with Gasteiger partial charge in [-0.1, -0.05) is 25.7 Å². The number of nitrogens with one attached hydrogen (secondary N) is 2. The number of carbonyl (C=O) groups excluding carboxylic acids is 3. The van der Waals surface area contributed by atoms with Gasteiger partial charge in [-0.25, -0.2) is 0 Å². The topological polar surface area (TPSA) is 85.0 Å². The second-order valence-electron chi connectivity index (χ2n) is 16.2. The standard InChI is InChI=1S/C22H33N3O2S.C19H28N2OS/c1-23-14-21(26)24-11-8-17(9-12-24)20-13-18(15-28-20)22(27)25-10-4-6-16-5-2-3-7-19(16)25;22-19(21-11-3-5-14-4-1-2-6-17(14)21)16-12-18(23-13-16)15-7-9-20-10-8-15/h13,15-17,19,23H,2-12,14H2,1H3;12-15,17,20H,1-11H2. The highest BCUT2D eigenvalue weighted by Crippen LogP contribution is 2.39. The Morgan fingerprint density at radius 3 is 1.63 bits per heavy atom. The lowest BCUT2D eigenvalue weighted by Crippen LogP contribution is -2.49. The number of hydrogen-bond acceptors (Lipinski definition) is 7. The summed E-state index contributed by atoms with van der Waals surface area (Å²) >= 11 is 3.54. The van der Waals surface area contributed by atoms with Crippen LogP contribution in [-0.4, -0.2) is 97.4 Å². The third kappa shape index (κ3) is 8.76. The number of carbonyl (C=O) groups is 3. The zero-order chi connectivity index (χ0) is 35.2. The number of fused-ring (bicyclic) bond motifs is 2. The van der Waals surface area contributed by atoms with Gasteiger partial charge in [0, 0.05) is 58.8 Å². The Bertz CT molecular complexity index is 1460. The van der Waals surface area contributed by atoms with E-state index in [1.165, 1.54) is 93.2 Å². The number of piperidine rings is 4. The zero-order valence-corrected chi connectivity index (χ0v) is 32.6. The van der Waals surface area contributed by atoms with Gasteiger partial charge >= 0.3 is 0 Å². The van der Waals surface area contributed by atoms with Crippen LogP contribution in [0.4, 0.5) is 0 Å². The van der Waals surface area contributed by atoms with E-state index in [4.69, 9.17) is 0 Å². The molecule has 4 saturated heterocycles. The van der Waals surface area contributed by atoms with E-state index in [9.17, 15) is 14.4 Å². The van der Waals surface area contributed by atoms with Crippen LogP contribution in [0, 0.1) is 11.8 Å². The summed E-state index contributed by atoms with van der Waals surface area (Å²) < 4.78 is 0. The van der Waals surface area contributed by atoms with Crippen molar-refractivity contribution in [3.8, 4) is 0 Å². The zero-order valence-electron chi connectivity index (χ0n) is 30.9. The fraction of sp³-hybridized carbons (Fsp3) is 0.732. The Morgan fingerprint density at radius 2 is 1.12 bits per heavy atom. The predicted octanol–water partition coefficient (Wildman–Crippen LogP) is 7.48. The summed E-state index contributed by atoms with van der Waals surface area (Å²) in [6.45, 7) is 6.18. The SMILES string of the molecule is CNCC(=O)N1CCC(c2cc(C(=O)N3CCCC4CCCCC43)cs2)CC1.O=C(c1csc(C2CCNCC2)c1)N1CCCC2CCCCC21. The van der Waals surface area contributed by atoms with Gasteiger partial charge in [0.25, 0.3) is 11.8 Å². The van der Waals surface area contributed by atoms with Gasteiger partial charge in [0.2, 0.25) is 5.91 Å². The summed E-state index contributed by atoms with van der Waals surface area (Å²) in [6, 6.07) is 5.34. The molecule has 6 heterocycles. The molecule has 6 fully saturated rings. The maximum atomic E-state index is 13.2. The fourth-order valence-corrected chi connectivity index (χ4v) is 12.3. The summed E-state index contributed by atoms with van der Waals surface area (Å²) in [5.74, 6) is 3.38. The largest absolute Gasteiger partial charge is 0.342 e. The lowest BCUT2D eigenvalue weighted by atomic mass is 9.78. The van der Waals surface area contributed by atoms with Gasteiger partial charge in [0.1, 0.15) is 0 Å². The van der Waals surface area contributed by atoms with Crippen LogP contribution in [0.5, 0.6) is 0 Å². The number of hydrogen-bond donors (Lipinski definition) is 2. The fourth-order valence-electron chi connectivity index (χ4n) is 10.2. The van der Waals surface area contributed by atoms with Crippen molar-refractivity contribution in [2.75, 3.05) is 52.9 Å². The lowest BCUT2D eigenvalue weighted by molar-refractivity contribution is -0.131. The van der Waals surface area contributed by atoms with Gasteiger partial charge in [-0.2, -0.15) is 0 Å². The minimum absolute atomic E-state index is 0.190. The van der Waals surface area contributed by atoms with Gasteiger partial charge in [-0.15, -0.1) is 22.7 Å². The number of thiophene rings is 2.